The van der Waals surface area contributed by atoms with Crippen LogP contribution in [0.3, 0.4) is 0 Å². The summed E-state index contributed by atoms with van der Waals surface area (Å²) in [6, 6.07) is 1.83. The van der Waals surface area contributed by atoms with E-state index >= 15 is 0 Å². The third kappa shape index (κ3) is 2.93. The SMILES string of the molecule is COC(C)C1=NN(c2nccc(N3CCOCC3)n2)C(=O)C1. The lowest BCUT2D eigenvalue weighted by Gasteiger charge is -2.28. The molecule has 118 valence electrons. The molecule has 0 radical (unpaired) electrons. The van der Waals surface area contributed by atoms with Gasteiger partial charge in [0.2, 0.25) is 0 Å². The zero-order valence-corrected chi connectivity index (χ0v) is 12.7. The first kappa shape index (κ1) is 14.9. The van der Waals surface area contributed by atoms with Crippen molar-refractivity contribution in [3.05, 3.63) is 12.3 Å². The van der Waals surface area contributed by atoms with Gasteiger partial charge in [0.05, 0.1) is 31.5 Å². The summed E-state index contributed by atoms with van der Waals surface area (Å²) in [5.74, 6) is 0.940. The van der Waals surface area contributed by atoms with E-state index in [1.54, 1.807) is 13.3 Å². The molecule has 0 saturated carbocycles. The molecule has 8 heteroatoms. The van der Waals surface area contributed by atoms with Gasteiger partial charge in [-0.05, 0) is 13.0 Å². The number of carbonyl (C=O) groups is 1. The van der Waals surface area contributed by atoms with Crippen molar-refractivity contribution in [3.8, 4) is 0 Å². The van der Waals surface area contributed by atoms with Crippen LogP contribution in [0.5, 0.6) is 0 Å². The first-order chi connectivity index (χ1) is 10.7. The smallest absolute Gasteiger partial charge is 0.255 e. The molecule has 1 amide bonds. The van der Waals surface area contributed by atoms with Crippen LogP contribution >= 0.6 is 0 Å². The summed E-state index contributed by atoms with van der Waals surface area (Å²) in [5, 5.41) is 5.56. The van der Waals surface area contributed by atoms with Gasteiger partial charge in [-0.1, -0.05) is 0 Å². The molecular formula is C14H19N5O3. The standard InChI is InChI=1S/C14H19N5O3/c1-10(21-2)11-9-13(20)19(17-11)14-15-4-3-12(16-14)18-5-7-22-8-6-18/h3-4,10H,5-9H2,1-2H3. The second-order valence-corrected chi connectivity index (χ2v) is 5.17. The minimum atomic E-state index is -0.198. The van der Waals surface area contributed by atoms with E-state index in [2.05, 4.69) is 20.0 Å². The average molecular weight is 305 g/mol. The molecule has 22 heavy (non-hydrogen) atoms. The molecule has 2 aliphatic heterocycles. The fourth-order valence-electron chi connectivity index (χ4n) is 2.38. The minimum Gasteiger partial charge on any atom is -0.378 e. The number of hydrogen-bond acceptors (Lipinski definition) is 7. The summed E-state index contributed by atoms with van der Waals surface area (Å²) in [6.45, 7) is 4.77. The van der Waals surface area contributed by atoms with Crippen LogP contribution in [0.25, 0.3) is 0 Å². The van der Waals surface area contributed by atoms with Gasteiger partial charge in [-0.3, -0.25) is 4.79 Å². The molecule has 1 fully saturated rings. The summed E-state index contributed by atoms with van der Waals surface area (Å²) in [7, 11) is 1.59. The Morgan fingerprint density at radius 3 is 2.86 bits per heavy atom. The number of amides is 1. The van der Waals surface area contributed by atoms with Crippen molar-refractivity contribution in [2.75, 3.05) is 43.3 Å². The molecule has 0 spiro atoms. The van der Waals surface area contributed by atoms with Crippen LogP contribution in [-0.4, -0.2) is 61.1 Å². The van der Waals surface area contributed by atoms with Gasteiger partial charge >= 0.3 is 0 Å². The van der Waals surface area contributed by atoms with Crippen LogP contribution in [0.1, 0.15) is 13.3 Å². The lowest BCUT2D eigenvalue weighted by atomic mass is 10.2. The molecule has 8 nitrogen and oxygen atoms in total. The first-order valence-electron chi connectivity index (χ1n) is 7.28. The highest BCUT2D eigenvalue weighted by Crippen LogP contribution is 2.21. The Bertz CT molecular complexity index is 586. The molecule has 0 N–H and O–H groups in total. The summed E-state index contributed by atoms with van der Waals surface area (Å²) in [4.78, 5) is 22.9. The maximum Gasteiger partial charge on any atom is 0.255 e. The zero-order chi connectivity index (χ0) is 15.5. The molecule has 3 heterocycles. The Morgan fingerprint density at radius 1 is 1.36 bits per heavy atom. The molecule has 1 unspecified atom stereocenters. The topological polar surface area (TPSA) is 80.2 Å². The van der Waals surface area contributed by atoms with Crippen molar-refractivity contribution in [1.82, 2.24) is 9.97 Å². The minimum absolute atomic E-state index is 0.141. The van der Waals surface area contributed by atoms with Crippen LogP contribution in [0, 0.1) is 0 Å². The van der Waals surface area contributed by atoms with E-state index in [0.29, 0.717) is 24.9 Å². The third-order valence-corrected chi connectivity index (χ3v) is 3.77. The van der Waals surface area contributed by atoms with E-state index in [1.165, 1.54) is 5.01 Å². The van der Waals surface area contributed by atoms with Crippen molar-refractivity contribution >= 4 is 23.4 Å². The number of hydrazone groups is 1. The Balaban J connectivity index is 1.82. The second-order valence-electron chi connectivity index (χ2n) is 5.17. The number of aromatic nitrogens is 2. The number of carbonyl (C=O) groups excluding carboxylic acids is 1. The summed E-state index contributed by atoms with van der Waals surface area (Å²) < 4.78 is 10.5. The number of nitrogens with zero attached hydrogens (tertiary/aromatic N) is 5. The number of anilines is 2. The van der Waals surface area contributed by atoms with Crippen molar-refractivity contribution < 1.29 is 14.3 Å². The molecule has 1 aromatic heterocycles. The lowest BCUT2D eigenvalue weighted by Crippen LogP contribution is -2.37. The summed E-state index contributed by atoms with van der Waals surface area (Å²) in [5.41, 5.74) is 0.688. The average Bonchev–Trinajstić information content (AvgIpc) is 2.97. The highest BCUT2D eigenvalue weighted by molar-refractivity contribution is 6.13. The monoisotopic (exact) mass is 305 g/mol. The van der Waals surface area contributed by atoms with Crippen LogP contribution in [0.2, 0.25) is 0 Å². The van der Waals surface area contributed by atoms with Crippen molar-refractivity contribution in [2.24, 2.45) is 5.10 Å². The molecule has 0 aromatic carbocycles. The molecule has 2 aliphatic rings. The second kappa shape index (κ2) is 6.37. The first-order valence-corrected chi connectivity index (χ1v) is 7.28. The van der Waals surface area contributed by atoms with E-state index in [9.17, 15) is 4.79 Å². The molecule has 0 aliphatic carbocycles. The zero-order valence-electron chi connectivity index (χ0n) is 12.7. The van der Waals surface area contributed by atoms with Crippen LogP contribution in [0.15, 0.2) is 17.4 Å². The fourth-order valence-corrected chi connectivity index (χ4v) is 2.38. The molecule has 3 rings (SSSR count). The number of ether oxygens (including phenoxy) is 2. The Morgan fingerprint density at radius 2 is 2.14 bits per heavy atom. The number of hydrogen-bond donors (Lipinski definition) is 0. The van der Waals surface area contributed by atoms with Gasteiger partial charge in [0, 0.05) is 26.4 Å². The highest BCUT2D eigenvalue weighted by Gasteiger charge is 2.30. The normalized spacial score (nSPS) is 20.3. The van der Waals surface area contributed by atoms with Gasteiger partial charge in [0.15, 0.2) is 0 Å². The Labute approximate surface area is 128 Å². The van der Waals surface area contributed by atoms with Gasteiger partial charge in [-0.25, -0.2) is 4.98 Å². The van der Waals surface area contributed by atoms with E-state index < -0.39 is 0 Å². The predicted octanol–water partition coefficient (Wildman–Crippen LogP) is 0.441. The number of morpholine rings is 1. The molecule has 1 aromatic rings. The summed E-state index contributed by atoms with van der Waals surface area (Å²) in [6.07, 6.45) is 1.68. The van der Waals surface area contributed by atoms with Crippen molar-refractivity contribution in [1.29, 1.82) is 0 Å². The molecular weight excluding hydrogens is 286 g/mol. The van der Waals surface area contributed by atoms with Crippen molar-refractivity contribution in [2.45, 2.75) is 19.4 Å². The number of methoxy groups -OCH3 is 1. The largest absolute Gasteiger partial charge is 0.378 e. The van der Waals surface area contributed by atoms with Crippen LogP contribution in [0.4, 0.5) is 11.8 Å². The maximum absolute atomic E-state index is 12.1. The molecule has 1 atom stereocenters. The van der Waals surface area contributed by atoms with Gasteiger partial charge in [-0.2, -0.15) is 15.1 Å². The lowest BCUT2D eigenvalue weighted by molar-refractivity contribution is -0.117. The predicted molar refractivity (Wildman–Crippen MR) is 81.1 cm³/mol. The van der Waals surface area contributed by atoms with Gasteiger partial charge in [0.25, 0.3) is 11.9 Å². The van der Waals surface area contributed by atoms with E-state index in [0.717, 1.165) is 18.9 Å². The number of rotatable bonds is 4. The molecule has 1 saturated heterocycles. The Kier molecular flexibility index (Phi) is 4.30. The van der Waals surface area contributed by atoms with E-state index in [-0.39, 0.29) is 18.4 Å². The van der Waals surface area contributed by atoms with Gasteiger partial charge in [0.1, 0.15) is 5.82 Å². The van der Waals surface area contributed by atoms with Crippen molar-refractivity contribution in [3.63, 3.8) is 0 Å². The summed E-state index contributed by atoms with van der Waals surface area (Å²) >= 11 is 0. The van der Waals surface area contributed by atoms with E-state index in [4.69, 9.17) is 9.47 Å². The quantitative estimate of drug-likeness (QED) is 0.803. The maximum atomic E-state index is 12.1. The fraction of sp³-hybridized carbons (Fsp3) is 0.571. The van der Waals surface area contributed by atoms with Crippen LogP contribution in [-0.2, 0) is 14.3 Å². The highest BCUT2D eigenvalue weighted by atomic mass is 16.5. The third-order valence-electron chi connectivity index (χ3n) is 3.77. The Hall–Kier alpha value is -2.06. The van der Waals surface area contributed by atoms with E-state index in [1.807, 2.05) is 13.0 Å². The molecule has 0 bridgehead atoms. The van der Waals surface area contributed by atoms with Crippen LogP contribution < -0.4 is 9.91 Å². The van der Waals surface area contributed by atoms with Gasteiger partial charge in [-0.15, -0.1) is 0 Å². The van der Waals surface area contributed by atoms with Gasteiger partial charge < -0.3 is 14.4 Å².